The van der Waals surface area contributed by atoms with Gasteiger partial charge in [0.1, 0.15) is 0 Å². The van der Waals surface area contributed by atoms with Crippen molar-refractivity contribution >= 4 is 0 Å². The van der Waals surface area contributed by atoms with E-state index in [1.807, 2.05) is 0 Å². The summed E-state index contributed by atoms with van der Waals surface area (Å²) in [5, 5.41) is 0. The molecule has 2 aliphatic rings. The van der Waals surface area contributed by atoms with Gasteiger partial charge >= 0.3 is 0 Å². The van der Waals surface area contributed by atoms with Gasteiger partial charge in [0, 0.05) is 18.6 Å². The molecule has 2 fully saturated rings. The van der Waals surface area contributed by atoms with Crippen LogP contribution in [0.15, 0.2) is 0 Å². The average Bonchev–Trinajstić information content (AvgIpc) is 2.18. The van der Waals surface area contributed by atoms with E-state index in [9.17, 15) is 0 Å². The summed E-state index contributed by atoms with van der Waals surface area (Å²) in [6.45, 7) is 2.23. The second-order valence-electron chi connectivity index (χ2n) is 4.90. The third-order valence-electron chi connectivity index (χ3n) is 3.97. The second-order valence-corrected chi connectivity index (χ2v) is 4.90. The Morgan fingerprint density at radius 1 is 1.07 bits per heavy atom. The normalized spacial score (nSPS) is 30.2. The van der Waals surface area contributed by atoms with Crippen molar-refractivity contribution in [3.8, 4) is 0 Å². The molecule has 0 amide bonds. The van der Waals surface area contributed by atoms with Gasteiger partial charge in [-0.1, -0.05) is 19.3 Å². The Kier molecular flexibility index (Phi) is 3.82. The Hall–Kier alpha value is -0.0800. The first-order valence-corrected chi connectivity index (χ1v) is 6.37. The first kappa shape index (κ1) is 10.4. The molecule has 1 aliphatic heterocycles. The zero-order chi connectivity index (χ0) is 9.80. The van der Waals surface area contributed by atoms with Gasteiger partial charge in [-0.2, -0.15) is 0 Å². The largest absolute Gasteiger partial charge is 0.330 e. The molecule has 1 saturated heterocycles. The first-order chi connectivity index (χ1) is 6.92. The predicted molar refractivity (Wildman–Crippen MR) is 60.3 cm³/mol. The zero-order valence-electron chi connectivity index (χ0n) is 9.25. The molecule has 0 aromatic heterocycles. The van der Waals surface area contributed by atoms with Crippen molar-refractivity contribution in [3.63, 3.8) is 0 Å². The molecule has 14 heavy (non-hydrogen) atoms. The smallest absolute Gasteiger partial charge is 0.0111 e. The molecule has 2 heteroatoms. The number of likely N-dealkylation sites (tertiary alicyclic amines) is 1. The summed E-state index contributed by atoms with van der Waals surface area (Å²) in [4.78, 5) is 2.76. The van der Waals surface area contributed by atoms with Crippen LogP contribution in [0.2, 0.25) is 0 Å². The fourth-order valence-corrected chi connectivity index (χ4v) is 3.02. The van der Waals surface area contributed by atoms with Gasteiger partial charge in [0.15, 0.2) is 0 Å². The maximum absolute atomic E-state index is 5.56. The van der Waals surface area contributed by atoms with Crippen molar-refractivity contribution in [3.05, 3.63) is 0 Å². The minimum Gasteiger partial charge on any atom is -0.330 e. The van der Waals surface area contributed by atoms with Crippen LogP contribution in [0.25, 0.3) is 0 Å². The lowest BCUT2D eigenvalue weighted by atomic mass is 9.88. The molecule has 0 bridgehead atoms. The Labute approximate surface area is 87.8 Å². The molecule has 1 aliphatic carbocycles. The third kappa shape index (κ3) is 2.29. The van der Waals surface area contributed by atoms with E-state index in [1.165, 1.54) is 57.9 Å². The lowest BCUT2D eigenvalue weighted by Crippen LogP contribution is -2.53. The van der Waals surface area contributed by atoms with Gasteiger partial charge in [0.2, 0.25) is 0 Å². The van der Waals surface area contributed by atoms with Crippen LogP contribution in [0.1, 0.15) is 51.4 Å². The van der Waals surface area contributed by atoms with Crippen molar-refractivity contribution in [2.45, 2.75) is 63.5 Å². The summed E-state index contributed by atoms with van der Waals surface area (Å²) in [5.41, 5.74) is 5.56. The van der Waals surface area contributed by atoms with Crippen LogP contribution >= 0.6 is 0 Å². The maximum Gasteiger partial charge on any atom is 0.0111 e. The van der Waals surface area contributed by atoms with E-state index in [2.05, 4.69) is 4.90 Å². The van der Waals surface area contributed by atoms with E-state index in [1.54, 1.807) is 0 Å². The van der Waals surface area contributed by atoms with Crippen LogP contribution in [0.3, 0.4) is 0 Å². The molecule has 2 N–H and O–H groups in total. The Morgan fingerprint density at radius 2 is 1.86 bits per heavy atom. The standard InChI is InChI=1S/C12H24N2/c13-9-4-7-12-8-10-14(12)11-5-2-1-3-6-11/h11-12H,1-10,13H2. The summed E-state index contributed by atoms with van der Waals surface area (Å²) in [6, 6.07) is 1.82. The van der Waals surface area contributed by atoms with Crippen LogP contribution < -0.4 is 5.73 Å². The number of rotatable bonds is 4. The van der Waals surface area contributed by atoms with Crippen LogP contribution in [0, 0.1) is 0 Å². The quantitative estimate of drug-likeness (QED) is 0.746. The van der Waals surface area contributed by atoms with E-state index in [-0.39, 0.29) is 0 Å². The lowest BCUT2D eigenvalue weighted by Gasteiger charge is -2.47. The molecule has 2 rings (SSSR count). The van der Waals surface area contributed by atoms with Crippen molar-refractivity contribution in [1.82, 2.24) is 4.90 Å². The van der Waals surface area contributed by atoms with Crippen LogP contribution in [0.4, 0.5) is 0 Å². The first-order valence-electron chi connectivity index (χ1n) is 6.37. The third-order valence-corrected chi connectivity index (χ3v) is 3.97. The monoisotopic (exact) mass is 196 g/mol. The van der Waals surface area contributed by atoms with Crippen LogP contribution in [-0.4, -0.2) is 30.1 Å². The second kappa shape index (κ2) is 5.13. The number of nitrogens with zero attached hydrogens (tertiary/aromatic N) is 1. The number of hydrogen-bond donors (Lipinski definition) is 1. The maximum atomic E-state index is 5.56. The molecule has 1 unspecified atom stereocenters. The van der Waals surface area contributed by atoms with E-state index in [0.717, 1.165) is 18.6 Å². The fourth-order valence-electron chi connectivity index (χ4n) is 3.02. The summed E-state index contributed by atoms with van der Waals surface area (Å²) < 4.78 is 0. The average molecular weight is 196 g/mol. The molecule has 1 heterocycles. The predicted octanol–water partition coefficient (Wildman–Crippen LogP) is 2.13. The topological polar surface area (TPSA) is 29.3 Å². The van der Waals surface area contributed by atoms with Crippen molar-refractivity contribution in [2.75, 3.05) is 13.1 Å². The summed E-state index contributed by atoms with van der Waals surface area (Å²) in [5.74, 6) is 0. The van der Waals surface area contributed by atoms with E-state index in [0.29, 0.717) is 0 Å². The molecule has 0 aromatic rings. The van der Waals surface area contributed by atoms with Gasteiger partial charge in [-0.05, 0) is 38.6 Å². The molecular formula is C12H24N2. The highest BCUT2D eigenvalue weighted by molar-refractivity contribution is 4.89. The van der Waals surface area contributed by atoms with Gasteiger partial charge in [0.05, 0.1) is 0 Å². The molecule has 0 spiro atoms. The molecule has 0 radical (unpaired) electrons. The molecule has 82 valence electrons. The van der Waals surface area contributed by atoms with Gasteiger partial charge in [-0.3, -0.25) is 4.90 Å². The molecule has 1 saturated carbocycles. The Balaban J connectivity index is 1.73. The zero-order valence-corrected chi connectivity index (χ0v) is 9.25. The molecule has 2 nitrogen and oxygen atoms in total. The highest BCUT2D eigenvalue weighted by Crippen LogP contribution is 2.31. The molecular weight excluding hydrogens is 172 g/mol. The SMILES string of the molecule is NCCCC1CCN1C1CCCCC1. The Morgan fingerprint density at radius 3 is 2.43 bits per heavy atom. The number of hydrogen-bond acceptors (Lipinski definition) is 2. The molecule has 0 aromatic carbocycles. The van der Waals surface area contributed by atoms with Crippen molar-refractivity contribution < 1.29 is 0 Å². The number of nitrogens with two attached hydrogens (primary N) is 1. The summed E-state index contributed by atoms with van der Waals surface area (Å²) in [7, 11) is 0. The summed E-state index contributed by atoms with van der Waals surface area (Å²) >= 11 is 0. The fraction of sp³-hybridized carbons (Fsp3) is 1.00. The van der Waals surface area contributed by atoms with Gasteiger partial charge in [-0.25, -0.2) is 0 Å². The van der Waals surface area contributed by atoms with Gasteiger partial charge in [0.25, 0.3) is 0 Å². The summed E-state index contributed by atoms with van der Waals surface area (Å²) in [6.07, 6.45) is 11.3. The van der Waals surface area contributed by atoms with Crippen LogP contribution in [-0.2, 0) is 0 Å². The highest BCUT2D eigenvalue weighted by Gasteiger charge is 2.33. The minimum absolute atomic E-state index is 0.870. The van der Waals surface area contributed by atoms with E-state index < -0.39 is 0 Å². The van der Waals surface area contributed by atoms with E-state index >= 15 is 0 Å². The highest BCUT2D eigenvalue weighted by atomic mass is 15.2. The van der Waals surface area contributed by atoms with Crippen molar-refractivity contribution in [2.24, 2.45) is 5.73 Å². The van der Waals surface area contributed by atoms with Gasteiger partial charge in [-0.15, -0.1) is 0 Å². The minimum atomic E-state index is 0.870. The Bertz CT molecular complexity index is 164. The van der Waals surface area contributed by atoms with E-state index in [4.69, 9.17) is 5.73 Å². The lowest BCUT2D eigenvalue weighted by molar-refractivity contribution is 0.0187. The molecule has 1 atom stereocenters. The van der Waals surface area contributed by atoms with Crippen molar-refractivity contribution in [1.29, 1.82) is 0 Å². The van der Waals surface area contributed by atoms with Crippen LogP contribution in [0.5, 0.6) is 0 Å². The van der Waals surface area contributed by atoms with Gasteiger partial charge < -0.3 is 5.73 Å².